The molecule has 1 aliphatic rings. The van der Waals surface area contributed by atoms with Gasteiger partial charge in [0.2, 0.25) is 0 Å². The summed E-state index contributed by atoms with van der Waals surface area (Å²) >= 11 is 0. The highest BCUT2D eigenvalue weighted by molar-refractivity contribution is 5.09. The van der Waals surface area contributed by atoms with Crippen molar-refractivity contribution in [3.63, 3.8) is 0 Å². The molecule has 0 amide bonds. The minimum Gasteiger partial charge on any atom is -0.466 e. The van der Waals surface area contributed by atoms with Gasteiger partial charge in [0.1, 0.15) is 11.5 Å². The number of imidazole rings is 1. The normalized spacial score (nSPS) is 19.8. The van der Waals surface area contributed by atoms with E-state index in [1.165, 1.54) is 0 Å². The van der Waals surface area contributed by atoms with Crippen LogP contribution in [-0.4, -0.2) is 44.8 Å². The smallest absolute Gasteiger partial charge is 0.107 e. The molecule has 3 heterocycles. The summed E-state index contributed by atoms with van der Waals surface area (Å²) in [6.07, 6.45) is 8.18. The number of likely N-dealkylation sites (tertiary alicyclic amines) is 1. The lowest BCUT2D eigenvalue weighted by molar-refractivity contribution is -0.0344. The average molecular weight is 317 g/mol. The predicted molar refractivity (Wildman–Crippen MR) is 89.3 cm³/mol. The van der Waals surface area contributed by atoms with E-state index in [-0.39, 0.29) is 0 Å². The molecule has 2 aromatic rings. The monoisotopic (exact) mass is 317 g/mol. The van der Waals surface area contributed by atoms with E-state index in [0.29, 0.717) is 12.5 Å². The number of hydrogen-bond donors (Lipinski definition) is 1. The van der Waals surface area contributed by atoms with Gasteiger partial charge in [-0.2, -0.15) is 0 Å². The zero-order valence-corrected chi connectivity index (χ0v) is 14.1. The van der Waals surface area contributed by atoms with Crippen LogP contribution in [0.15, 0.2) is 35.3 Å². The van der Waals surface area contributed by atoms with Crippen LogP contribution >= 0.6 is 0 Å². The number of aryl methyl sites for hydroxylation is 1. The summed E-state index contributed by atoms with van der Waals surface area (Å²) in [5.41, 5.74) is -0.596. The largest absolute Gasteiger partial charge is 0.466 e. The molecule has 0 radical (unpaired) electrons. The standard InChI is InChI=1S/C18H27N3O2/c1-15(17-4-3-16(2)23-17)5-9-20-10-6-18(22,7-11-20)13-21-12-8-19-14-21/h3-4,8,12,14-15,22H,5-7,9-11,13H2,1-2H3. The van der Waals surface area contributed by atoms with E-state index < -0.39 is 5.60 Å². The Balaban J connectivity index is 1.44. The van der Waals surface area contributed by atoms with Gasteiger partial charge in [-0.15, -0.1) is 0 Å². The third-order valence-corrected chi connectivity index (χ3v) is 4.95. The van der Waals surface area contributed by atoms with Gasteiger partial charge in [-0.1, -0.05) is 6.92 Å². The van der Waals surface area contributed by atoms with Crippen LogP contribution in [0.1, 0.15) is 43.6 Å². The Labute approximate surface area is 137 Å². The maximum absolute atomic E-state index is 10.7. The second kappa shape index (κ2) is 6.89. The number of aromatic nitrogens is 2. The van der Waals surface area contributed by atoms with E-state index in [0.717, 1.165) is 50.4 Å². The van der Waals surface area contributed by atoms with Crippen molar-refractivity contribution in [3.05, 3.63) is 42.4 Å². The lowest BCUT2D eigenvalue weighted by Crippen LogP contribution is -2.47. The molecule has 0 aliphatic carbocycles. The first-order chi connectivity index (χ1) is 11.0. The molecule has 1 aliphatic heterocycles. The summed E-state index contributed by atoms with van der Waals surface area (Å²) in [7, 11) is 0. The highest BCUT2D eigenvalue weighted by Gasteiger charge is 2.32. The van der Waals surface area contributed by atoms with Gasteiger partial charge >= 0.3 is 0 Å². The van der Waals surface area contributed by atoms with Gasteiger partial charge in [0.25, 0.3) is 0 Å². The van der Waals surface area contributed by atoms with E-state index in [1.54, 1.807) is 12.5 Å². The molecule has 3 rings (SSSR count). The summed E-state index contributed by atoms with van der Waals surface area (Å²) in [6.45, 7) is 7.81. The van der Waals surface area contributed by atoms with Crippen LogP contribution in [-0.2, 0) is 6.54 Å². The van der Waals surface area contributed by atoms with Crippen molar-refractivity contribution in [2.24, 2.45) is 0 Å². The Hall–Kier alpha value is -1.59. The Morgan fingerprint density at radius 2 is 2.13 bits per heavy atom. The molecule has 0 bridgehead atoms. The van der Waals surface area contributed by atoms with Gasteiger partial charge in [0.05, 0.1) is 18.5 Å². The molecule has 23 heavy (non-hydrogen) atoms. The maximum atomic E-state index is 10.7. The maximum Gasteiger partial charge on any atom is 0.107 e. The SMILES string of the molecule is Cc1ccc(C(C)CCN2CCC(O)(Cn3ccnc3)CC2)o1. The molecule has 2 aromatic heterocycles. The van der Waals surface area contributed by atoms with Crippen molar-refractivity contribution in [2.75, 3.05) is 19.6 Å². The zero-order valence-electron chi connectivity index (χ0n) is 14.1. The Bertz CT molecular complexity index is 598. The molecule has 0 saturated carbocycles. The lowest BCUT2D eigenvalue weighted by atomic mass is 9.91. The molecule has 1 fully saturated rings. The minimum atomic E-state index is -0.596. The molecule has 5 nitrogen and oxygen atoms in total. The number of nitrogens with zero attached hydrogens (tertiary/aromatic N) is 3. The quantitative estimate of drug-likeness (QED) is 0.890. The van der Waals surface area contributed by atoms with Crippen LogP contribution in [0.2, 0.25) is 0 Å². The highest BCUT2D eigenvalue weighted by atomic mass is 16.3. The second-order valence-corrected chi connectivity index (χ2v) is 6.94. The van der Waals surface area contributed by atoms with Crippen LogP contribution in [0.5, 0.6) is 0 Å². The fourth-order valence-electron chi connectivity index (χ4n) is 3.31. The van der Waals surface area contributed by atoms with Crippen molar-refractivity contribution in [2.45, 2.75) is 51.2 Å². The molecule has 1 saturated heterocycles. The Kier molecular flexibility index (Phi) is 4.87. The number of hydrogen-bond acceptors (Lipinski definition) is 4. The molecule has 1 unspecified atom stereocenters. The Morgan fingerprint density at radius 1 is 1.35 bits per heavy atom. The summed E-state index contributed by atoms with van der Waals surface area (Å²) in [5.74, 6) is 2.50. The second-order valence-electron chi connectivity index (χ2n) is 6.94. The molecule has 0 aromatic carbocycles. The van der Waals surface area contributed by atoms with Gasteiger partial charge < -0.3 is 19.0 Å². The minimum absolute atomic E-state index is 0.440. The first-order valence-corrected chi connectivity index (χ1v) is 8.51. The lowest BCUT2D eigenvalue weighted by Gasteiger charge is -2.38. The van der Waals surface area contributed by atoms with E-state index in [9.17, 15) is 5.11 Å². The third kappa shape index (κ3) is 4.24. The first-order valence-electron chi connectivity index (χ1n) is 8.51. The number of piperidine rings is 1. The number of furan rings is 1. The van der Waals surface area contributed by atoms with Crippen LogP contribution < -0.4 is 0 Å². The van der Waals surface area contributed by atoms with Gasteiger partial charge in [0.15, 0.2) is 0 Å². The van der Waals surface area contributed by atoms with E-state index >= 15 is 0 Å². The van der Waals surface area contributed by atoms with Crippen molar-refractivity contribution >= 4 is 0 Å². The fraction of sp³-hybridized carbons (Fsp3) is 0.611. The molecule has 5 heteroatoms. The van der Waals surface area contributed by atoms with E-state index in [2.05, 4.69) is 22.9 Å². The van der Waals surface area contributed by atoms with Crippen LogP contribution in [0, 0.1) is 6.92 Å². The van der Waals surface area contributed by atoms with Crippen molar-refractivity contribution in [3.8, 4) is 0 Å². The third-order valence-electron chi connectivity index (χ3n) is 4.95. The van der Waals surface area contributed by atoms with Crippen LogP contribution in [0.4, 0.5) is 0 Å². The van der Waals surface area contributed by atoms with Crippen molar-refractivity contribution in [1.82, 2.24) is 14.5 Å². The molecule has 126 valence electrons. The van der Waals surface area contributed by atoms with E-state index in [1.807, 2.05) is 23.8 Å². The molecule has 1 atom stereocenters. The first kappa shape index (κ1) is 16.3. The number of aliphatic hydroxyl groups is 1. The molecule has 0 spiro atoms. The number of rotatable bonds is 6. The van der Waals surface area contributed by atoms with Gasteiger partial charge in [0, 0.05) is 31.4 Å². The van der Waals surface area contributed by atoms with Crippen molar-refractivity contribution < 1.29 is 9.52 Å². The van der Waals surface area contributed by atoms with Gasteiger partial charge in [-0.05, 0) is 44.9 Å². The van der Waals surface area contributed by atoms with E-state index in [4.69, 9.17) is 4.42 Å². The summed E-state index contributed by atoms with van der Waals surface area (Å²) in [6, 6.07) is 4.11. The van der Waals surface area contributed by atoms with Crippen LogP contribution in [0.25, 0.3) is 0 Å². The molecule has 1 N–H and O–H groups in total. The van der Waals surface area contributed by atoms with Gasteiger partial charge in [-0.3, -0.25) is 0 Å². The summed E-state index contributed by atoms with van der Waals surface area (Å²) < 4.78 is 7.68. The Morgan fingerprint density at radius 3 is 2.74 bits per heavy atom. The summed E-state index contributed by atoms with van der Waals surface area (Å²) in [4.78, 5) is 6.50. The van der Waals surface area contributed by atoms with Crippen LogP contribution in [0.3, 0.4) is 0 Å². The van der Waals surface area contributed by atoms with Crippen molar-refractivity contribution in [1.29, 1.82) is 0 Å². The summed E-state index contributed by atoms with van der Waals surface area (Å²) in [5, 5.41) is 10.7. The zero-order chi connectivity index (χ0) is 16.3. The molecular weight excluding hydrogens is 290 g/mol. The molecular formula is C18H27N3O2. The van der Waals surface area contributed by atoms with Gasteiger partial charge in [-0.25, -0.2) is 4.98 Å². The topological polar surface area (TPSA) is 54.4 Å². The predicted octanol–water partition coefficient (Wildman–Crippen LogP) is 2.81. The average Bonchev–Trinajstić information content (AvgIpc) is 3.18. The fourth-order valence-corrected chi connectivity index (χ4v) is 3.31. The highest BCUT2D eigenvalue weighted by Crippen LogP contribution is 2.26.